The van der Waals surface area contributed by atoms with Crippen molar-refractivity contribution in [3.8, 4) is 5.75 Å². The van der Waals surface area contributed by atoms with Gasteiger partial charge >= 0.3 is 0 Å². The average Bonchev–Trinajstić information content (AvgIpc) is 2.77. The topological polar surface area (TPSA) is 112 Å². The summed E-state index contributed by atoms with van der Waals surface area (Å²) in [5.74, 6) is 0.477. The predicted molar refractivity (Wildman–Crippen MR) is 124 cm³/mol. The van der Waals surface area contributed by atoms with Crippen LogP contribution in [-0.4, -0.2) is 47.9 Å². The first kappa shape index (κ1) is 23.4. The molecule has 0 aliphatic carbocycles. The zero-order valence-corrected chi connectivity index (χ0v) is 18.6. The first-order valence-corrected chi connectivity index (χ1v) is 10.7. The van der Waals surface area contributed by atoms with Crippen LogP contribution < -0.4 is 20.8 Å². The van der Waals surface area contributed by atoms with Crippen molar-refractivity contribution in [3.05, 3.63) is 59.7 Å². The largest absolute Gasteiger partial charge is 0.491 e. The summed E-state index contributed by atoms with van der Waals surface area (Å²) in [5.41, 5.74) is 5.89. The van der Waals surface area contributed by atoms with E-state index in [4.69, 9.17) is 4.74 Å². The van der Waals surface area contributed by atoms with E-state index in [1.54, 1.807) is 19.1 Å². The molecule has 170 valence electrons. The van der Waals surface area contributed by atoms with Crippen molar-refractivity contribution >= 4 is 23.2 Å². The summed E-state index contributed by atoms with van der Waals surface area (Å²) in [5, 5.41) is 20.2. The van der Waals surface area contributed by atoms with Crippen molar-refractivity contribution in [1.29, 1.82) is 0 Å². The SMILES string of the molecule is Cc1ccccc1OCC(O)CNC(C)C(=O)Nc1ccc(C2=NNC(=O)CC2C)cc1. The van der Waals surface area contributed by atoms with E-state index in [1.165, 1.54) is 0 Å². The molecular formula is C24H30N4O4. The second-order valence-electron chi connectivity index (χ2n) is 8.06. The number of hydrogen-bond donors (Lipinski definition) is 4. The fourth-order valence-electron chi connectivity index (χ4n) is 3.35. The molecular weight excluding hydrogens is 408 g/mol. The second-order valence-corrected chi connectivity index (χ2v) is 8.06. The molecule has 1 aliphatic heterocycles. The second kappa shape index (κ2) is 10.9. The van der Waals surface area contributed by atoms with E-state index in [-0.39, 0.29) is 30.9 Å². The van der Waals surface area contributed by atoms with Gasteiger partial charge in [0.25, 0.3) is 0 Å². The van der Waals surface area contributed by atoms with Crippen molar-refractivity contribution < 1.29 is 19.4 Å². The molecule has 2 amide bonds. The van der Waals surface area contributed by atoms with Crippen molar-refractivity contribution in [2.24, 2.45) is 11.0 Å². The number of ether oxygens (including phenoxy) is 1. The molecule has 0 fully saturated rings. The van der Waals surface area contributed by atoms with Crippen LogP contribution in [0.15, 0.2) is 53.6 Å². The van der Waals surface area contributed by atoms with Crippen LogP contribution in [0.2, 0.25) is 0 Å². The number of rotatable bonds is 9. The average molecular weight is 439 g/mol. The molecule has 2 aromatic rings. The number of benzene rings is 2. The Morgan fingerprint density at radius 1 is 1.25 bits per heavy atom. The maximum Gasteiger partial charge on any atom is 0.241 e. The molecule has 0 spiro atoms. The van der Waals surface area contributed by atoms with E-state index >= 15 is 0 Å². The lowest BCUT2D eigenvalue weighted by molar-refractivity contribution is -0.122. The first-order valence-electron chi connectivity index (χ1n) is 10.7. The molecule has 0 saturated heterocycles. The number of para-hydroxylation sites is 1. The van der Waals surface area contributed by atoms with E-state index in [1.807, 2.05) is 50.2 Å². The van der Waals surface area contributed by atoms with Gasteiger partial charge in [-0.15, -0.1) is 0 Å². The number of aliphatic hydroxyl groups excluding tert-OH is 1. The molecule has 32 heavy (non-hydrogen) atoms. The minimum Gasteiger partial charge on any atom is -0.491 e. The number of anilines is 1. The third kappa shape index (κ3) is 6.38. The molecule has 3 atom stereocenters. The zero-order valence-electron chi connectivity index (χ0n) is 18.6. The van der Waals surface area contributed by atoms with Crippen LogP contribution in [-0.2, 0) is 9.59 Å². The van der Waals surface area contributed by atoms with E-state index in [0.717, 1.165) is 22.6 Å². The number of aryl methyl sites for hydroxylation is 1. The molecule has 0 aromatic heterocycles. The Hall–Kier alpha value is -3.23. The third-order valence-corrected chi connectivity index (χ3v) is 5.29. The van der Waals surface area contributed by atoms with E-state index < -0.39 is 12.1 Å². The number of amides is 2. The van der Waals surface area contributed by atoms with Crippen LogP contribution in [0, 0.1) is 12.8 Å². The van der Waals surface area contributed by atoms with Gasteiger partial charge in [-0.3, -0.25) is 9.59 Å². The van der Waals surface area contributed by atoms with Crippen molar-refractivity contribution in [1.82, 2.24) is 10.7 Å². The molecule has 0 bridgehead atoms. The van der Waals surface area contributed by atoms with Gasteiger partial charge in [0.2, 0.25) is 11.8 Å². The van der Waals surface area contributed by atoms with Gasteiger partial charge in [0.05, 0.1) is 11.8 Å². The van der Waals surface area contributed by atoms with Gasteiger partial charge in [0.15, 0.2) is 0 Å². The predicted octanol–water partition coefficient (Wildman–Crippen LogP) is 2.21. The Labute approximate surface area is 188 Å². The van der Waals surface area contributed by atoms with Crippen molar-refractivity contribution in [2.75, 3.05) is 18.5 Å². The Morgan fingerprint density at radius 2 is 1.97 bits per heavy atom. The first-order chi connectivity index (χ1) is 15.3. The molecule has 3 unspecified atom stereocenters. The van der Waals surface area contributed by atoms with Crippen LogP contribution in [0.25, 0.3) is 0 Å². The smallest absolute Gasteiger partial charge is 0.241 e. The number of hydrogen-bond acceptors (Lipinski definition) is 6. The van der Waals surface area contributed by atoms with E-state index in [0.29, 0.717) is 12.1 Å². The Morgan fingerprint density at radius 3 is 2.66 bits per heavy atom. The molecule has 8 nitrogen and oxygen atoms in total. The number of nitrogens with zero attached hydrogens (tertiary/aromatic N) is 1. The molecule has 2 aromatic carbocycles. The highest BCUT2D eigenvalue weighted by Gasteiger charge is 2.21. The highest BCUT2D eigenvalue weighted by molar-refractivity contribution is 6.06. The van der Waals surface area contributed by atoms with Crippen LogP contribution >= 0.6 is 0 Å². The molecule has 1 aliphatic rings. The monoisotopic (exact) mass is 438 g/mol. The quantitative estimate of drug-likeness (QED) is 0.480. The van der Waals surface area contributed by atoms with Crippen LogP contribution in [0.5, 0.6) is 5.75 Å². The normalized spacial score (nSPS) is 17.7. The maximum atomic E-state index is 12.5. The van der Waals surface area contributed by atoms with Crippen molar-refractivity contribution in [2.45, 2.75) is 39.3 Å². The van der Waals surface area contributed by atoms with Crippen LogP contribution in [0.3, 0.4) is 0 Å². The number of nitrogens with one attached hydrogen (secondary N) is 3. The van der Waals surface area contributed by atoms with Crippen LogP contribution in [0.4, 0.5) is 5.69 Å². The van der Waals surface area contributed by atoms with Gasteiger partial charge in [0.1, 0.15) is 18.5 Å². The number of aliphatic hydroxyl groups is 1. The standard InChI is InChI=1S/C24H30N4O4/c1-15-6-4-5-7-21(15)32-14-20(29)13-25-17(3)24(31)26-19-10-8-18(9-11-19)23-16(2)12-22(30)27-28-23/h4-11,16-17,20,25,29H,12-14H2,1-3H3,(H,26,31)(H,27,30). The minimum absolute atomic E-state index is 0.0367. The fourth-order valence-corrected chi connectivity index (χ4v) is 3.35. The maximum absolute atomic E-state index is 12.5. The number of carbonyl (C=O) groups excluding carboxylic acids is 2. The van der Waals surface area contributed by atoms with E-state index in [2.05, 4.69) is 21.2 Å². The van der Waals surface area contributed by atoms with E-state index in [9.17, 15) is 14.7 Å². The lowest BCUT2D eigenvalue weighted by atomic mass is 9.94. The van der Waals surface area contributed by atoms with Gasteiger partial charge in [-0.05, 0) is 43.2 Å². The summed E-state index contributed by atoms with van der Waals surface area (Å²) >= 11 is 0. The molecule has 4 N–H and O–H groups in total. The highest BCUT2D eigenvalue weighted by atomic mass is 16.5. The van der Waals surface area contributed by atoms with Crippen LogP contribution in [0.1, 0.15) is 31.4 Å². The minimum atomic E-state index is -0.747. The number of hydrazone groups is 1. The molecule has 8 heteroatoms. The molecule has 3 rings (SSSR count). The summed E-state index contributed by atoms with van der Waals surface area (Å²) in [7, 11) is 0. The summed E-state index contributed by atoms with van der Waals surface area (Å²) in [6.45, 7) is 6.00. The summed E-state index contributed by atoms with van der Waals surface area (Å²) in [6, 6.07) is 14.5. The lowest BCUT2D eigenvalue weighted by Gasteiger charge is -2.20. The van der Waals surface area contributed by atoms with Gasteiger partial charge in [-0.2, -0.15) is 5.10 Å². The summed E-state index contributed by atoms with van der Waals surface area (Å²) < 4.78 is 5.64. The van der Waals surface area contributed by atoms with Gasteiger partial charge in [-0.1, -0.05) is 37.3 Å². The highest BCUT2D eigenvalue weighted by Crippen LogP contribution is 2.19. The lowest BCUT2D eigenvalue weighted by Crippen LogP contribution is -2.43. The summed E-state index contributed by atoms with van der Waals surface area (Å²) in [6.07, 6.45) is -0.342. The van der Waals surface area contributed by atoms with Gasteiger partial charge < -0.3 is 20.5 Å². The fraction of sp³-hybridized carbons (Fsp3) is 0.375. The molecule has 1 heterocycles. The molecule has 0 saturated carbocycles. The Kier molecular flexibility index (Phi) is 7.97. The Balaban J connectivity index is 1.45. The third-order valence-electron chi connectivity index (χ3n) is 5.29. The van der Waals surface area contributed by atoms with Gasteiger partial charge in [-0.25, -0.2) is 5.43 Å². The van der Waals surface area contributed by atoms with Gasteiger partial charge in [0, 0.05) is 24.6 Å². The Bertz CT molecular complexity index is 974. The number of carbonyl (C=O) groups is 2. The molecule has 0 radical (unpaired) electrons. The zero-order chi connectivity index (χ0) is 23.1. The van der Waals surface area contributed by atoms with Crippen molar-refractivity contribution in [3.63, 3.8) is 0 Å². The summed E-state index contributed by atoms with van der Waals surface area (Å²) in [4.78, 5) is 23.9.